The second kappa shape index (κ2) is 5.14. The number of halogens is 2. The van der Waals surface area contributed by atoms with Crippen LogP contribution in [0.3, 0.4) is 0 Å². The van der Waals surface area contributed by atoms with Crippen LogP contribution in [0.1, 0.15) is 6.92 Å². The lowest BCUT2D eigenvalue weighted by atomic mass is 10.4. The van der Waals surface area contributed by atoms with E-state index >= 15 is 0 Å². The first kappa shape index (κ1) is 11.2. The lowest BCUT2D eigenvalue weighted by Gasteiger charge is -2.09. The average molecular weight is 239 g/mol. The molecule has 0 bridgehead atoms. The fourth-order valence-corrected chi connectivity index (χ4v) is 2.42. The summed E-state index contributed by atoms with van der Waals surface area (Å²) < 4.78 is 5.04. The molecular formula is C8H9Cl2O2P. The van der Waals surface area contributed by atoms with Crippen molar-refractivity contribution >= 4 is 36.9 Å². The first-order chi connectivity index (χ1) is 6.13. The molecule has 5 heteroatoms. The molecule has 0 aliphatic heterocycles. The first-order valence-electron chi connectivity index (χ1n) is 3.71. The molecule has 0 amide bonds. The van der Waals surface area contributed by atoms with Gasteiger partial charge in [0, 0.05) is 15.3 Å². The Balaban J connectivity index is 2.87. The molecule has 0 fully saturated rings. The summed E-state index contributed by atoms with van der Waals surface area (Å²) >= 11 is 11.5. The lowest BCUT2D eigenvalue weighted by Crippen LogP contribution is -2.02. The van der Waals surface area contributed by atoms with Crippen LogP contribution < -0.4 is 5.30 Å². The summed E-state index contributed by atoms with van der Waals surface area (Å²) in [6.07, 6.45) is 0. The SMILES string of the molecule is CCOP(O)c1cc(Cl)cc(Cl)c1. The quantitative estimate of drug-likeness (QED) is 0.821. The minimum Gasteiger partial charge on any atom is -0.346 e. The van der Waals surface area contributed by atoms with Crippen LogP contribution >= 0.6 is 31.6 Å². The molecule has 2 nitrogen and oxygen atoms in total. The normalized spacial score (nSPS) is 12.9. The Labute approximate surface area is 88.3 Å². The highest BCUT2D eigenvalue weighted by atomic mass is 35.5. The summed E-state index contributed by atoms with van der Waals surface area (Å²) in [5.74, 6) is 0. The number of hydrogen-bond acceptors (Lipinski definition) is 2. The van der Waals surface area contributed by atoms with Gasteiger partial charge in [-0.15, -0.1) is 0 Å². The van der Waals surface area contributed by atoms with Crippen molar-refractivity contribution in [3.05, 3.63) is 28.2 Å². The summed E-state index contributed by atoms with van der Waals surface area (Å²) in [4.78, 5) is 9.49. The minimum atomic E-state index is -1.58. The maximum Gasteiger partial charge on any atom is 0.202 e. The van der Waals surface area contributed by atoms with E-state index in [4.69, 9.17) is 27.7 Å². The van der Waals surface area contributed by atoms with Crippen molar-refractivity contribution in [2.75, 3.05) is 6.61 Å². The Kier molecular flexibility index (Phi) is 4.43. The van der Waals surface area contributed by atoms with Crippen molar-refractivity contribution in [2.45, 2.75) is 6.92 Å². The fraction of sp³-hybridized carbons (Fsp3) is 0.250. The highest BCUT2D eigenvalue weighted by Gasteiger charge is 2.09. The molecule has 0 aliphatic carbocycles. The molecule has 1 N–H and O–H groups in total. The van der Waals surface area contributed by atoms with Gasteiger partial charge in [0.25, 0.3) is 0 Å². The zero-order chi connectivity index (χ0) is 9.84. The zero-order valence-corrected chi connectivity index (χ0v) is 9.40. The van der Waals surface area contributed by atoms with Crippen LogP contribution in [0, 0.1) is 0 Å². The third-order valence-corrected chi connectivity index (χ3v) is 2.96. The molecule has 1 rings (SSSR count). The van der Waals surface area contributed by atoms with Gasteiger partial charge in [-0.2, -0.15) is 0 Å². The third kappa shape index (κ3) is 3.41. The molecule has 1 atom stereocenters. The van der Waals surface area contributed by atoms with Crippen LogP contribution in [0.2, 0.25) is 10.0 Å². The monoisotopic (exact) mass is 238 g/mol. The largest absolute Gasteiger partial charge is 0.346 e. The molecule has 1 aromatic rings. The molecule has 1 aromatic carbocycles. The lowest BCUT2D eigenvalue weighted by molar-refractivity contribution is 0.337. The Morgan fingerprint density at radius 3 is 2.31 bits per heavy atom. The van der Waals surface area contributed by atoms with E-state index in [1.807, 2.05) is 6.92 Å². The molecule has 0 radical (unpaired) electrons. The topological polar surface area (TPSA) is 29.5 Å². The number of benzene rings is 1. The molecule has 0 spiro atoms. The smallest absolute Gasteiger partial charge is 0.202 e. The minimum absolute atomic E-state index is 0.465. The van der Waals surface area contributed by atoms with Crippen LogP contribution in [0.5, 0.6) is 0 Å². The van der Waals surface area contributed by atoms with E-state index in [1.54, 1.807) is 18.2 Å². The van der Waals surface area contributed by atoms with Gasteiger partial charge in [0.2, 0.25) is 8.38 Å². The Bertz CT molecular complexity index is 273. The van der Waals surface area contributed by atoms with Gasteiger partial charge < -0.3 is 9.42 Å². The van der Waals surface area contributed by atoms with Crippen molar-refractivity contribution in [2.24, 2.45) is 0 Å². The van der Waals surface area contributed by atoms with E-state index in [9.17, 15) is 4.89 Å². The molecule has 1 unspecified atom stereocenters. The molecular weight excluding hydrogens is 230 g/mol. The molecule has 0 aromatic heterocycles. The predicted octanol–water partition coefficient (Wildman–Crippen LogP) is 2.96. The van der Waals surface area contributed by atoms with Gasteiger partial charge in [-0.25, -0.2) is 0 Å². The molecule has 0 heterocycles. The van der Waals surface area contributed by atoms with Crippen LogP contribution in [-0.4, -0.2) is 11.5 Å². The van der Waals surface area contributed by atoms with E-state index in [2.05, 4.69) is 0 Å². The van der Waals surface area contributed by atoms with Gasteiger partial charge in [-0.3, -0.25) is 0 Å². The molecule has 0 saturated heterocycles. The zero-order valence-electron chi connectivity index (χ0n) is 7.00. The second-order valence-electron chi connectivity index (χ2n) is 2.32. The summed E-state index contributed by atoms with van der Waals surface area (Å²) in [6.45, 7) is 2.28. The van der Waals surface area contributed by atoms with E-state index in [-0.39, 0.29) is 0 Å². The van der Waals surface area contributed by atoms with Crippen molar-refractivity contribution < 1.29 is 9.42 Å². The van der Waals surface area contributed by atoms with E-state index in [0.29, 0.717) is 22.0 Å². The van der Waals surface area contributed by atoms with Crippen molar-refractivity contribution in [3.8, 4) is 0 Å². The summed E-state index contributed by atoms with van der Waals surface area (Å²) in [5.41, 5.74) is 0. The van der Waals surface area contributed by atoms with Gasteiger partial charge in [-0.1, -0.05) is 23.2 Å². The standard InChI is InChI=1S/C8H9Cl2O2P/c1-2-12-13(11)8-4-6(9)3-7(10)5-8/h3-5,11H,2H2,1H3. The number of rotatable bonds is 3. The fourth-order valence-electron chi connectivity index (χ4n) is 0.847. The Hall–Kier alpha value is 0.150. The van der Waals surface area contributed by atoms with Gasteiger partial charge in [0.1, 0.15) is 0 Å². The van der Waals surface area contributed by atoms with Crippen LogP contribution in [-0.2, 0) is 4.52 Å². The van der Waals surface area contributed by atoms with Gasteiger partial charge >= 0.3 is 0 Å². The first-order valence-corrected chi connectivity index (χ1v) is 5.68. The molecule has 0 saturated carbocycles. The number of hydrogen-bond donors (Lipinski definition) is 1. The van der Waals surface area contributed by atoms with Gasteiger partial charge in [-0.05, 0) is 25.1 Å². The van der Waals surface area contributed by atoms with Crippen LogP contribution in [0.15, 0.2) is 18.2 Å². The third-order valence-electron chi connectivity index (χ3n) is 1.32. The van der Waals surface area contributed by atoms with E-state index < -0.39 is 8.38 Å². The van der Waals surface area contributed by atoms with Crippen molar-refractivity contribution in [1.82, 2.24) is 0 Å². The summed E-state index contributed by atoms with van der Waals surface area (Å²) in [5, 5.41) is 1.64. The molecule has 72 valence electrons. The molecule has 0 aliphatic rings. The van der Waals surface area contributed by atoms with Gasteiger partial charge in [0.05, 0.1) is 6.61 Å². The Morgan fingerprint density at radius 1 is 1.31 bits per heavy atom. The van der Waals surface area contributed by atoms with Crippen LogP contribution in [0.4, 0.5) is 0 Å². The maximum absolute atomic E-state index is 9.49. The highest BCUT2D eigenvalue weighted by Crippen LogP contribution is 2.32. The second-order valence-corrected chi connectivity index (χ2v) is 4.51. The van der Waals surface area contributed by atoms with Crippen molar-refractivity contribution in [3.63, 3.8) is 0 Å². The van der Waals surface area contributed by atoms with Crippen molar-refractivity contribution in [1.29, 1.82) is 0 Å². The highest BCUT2D eigenvalue weighted by molar-refractivity contribution is 7.55. The summed E-state index contributed by atoms with van der Waals surface area (Å²) in [6, 6.07) is 4.91. The molecule has 13 heavy (non-hydrogen) atoms. The van der Waals surface area contributed by atoms with E-state index in [1.165, 1.54) is 0 Å². The predicted molar refractivity (Wildman–Crippen MR) is 56.9 cm³/mol. The van der Waals surface area contributed by atoms with E-state index in [0.717, 1.165) is 0 Å². The van der Waals surface area contributed by atoms with Crippen LogP contribution in [0.25, 0.3) is 0 Å². The maximum atomic E-state index is 9.49. The van der Waals surface area contributed by atoms with Gasteiger partial charge in [0.15, 0.2) is 0 Å². The Morgan fingerprint density at radius 2 is 1.85 bits per heavy atom. The summed E-state index contributed by atoms with van der Waals surface area (Å²) in [7, 11) is -1.58. The average Bonchev–Trinajstić information content (AvgIpc) is 2.03.